The van der Waals surface area contributed by atoms with Gasteiger partial charge in [-0.05, 0) is 30.5 Å². The SMILES string of the molecule is O=C(O)C1CC1C(=O)NCCc1cccc(F)c1. The molecule has 1 aliphatic carbocycles. The van der Waals surface area contributed by atoms with Gasteiger partial charge in [0.15, 0.2) is 0 Å². The van der Waals surface area contributed by atoms with Crippen LogP contribution in [0.2, 0.25) is 0 Å². The maximum Gasteiger partial charge on any atom is 0.307 e. The van der Waals surface area contributed by atoms with Gasteiger partial charge in [-0.3, -0.25) is 9.59 Å². The van der Waals surface area contributed by atoms with Crippen LogP contribution >= 0.6 is 0 Å². The zero-order chi connectivity index (χ0) is 13.1. The highest BCUT2D eigenvalue weighted by molar-refractivity contribution is 5.89. The fourth-order valence-electron chi connectivity index (χ4n) is 1.91. The normalized spacial score (nSPS) is 21.4. The third-order valence-electron chi connectivity index (χ3n) is 3.05. The van der Waals surface area contributed by atoms with Gasteiger partial charge in [-0.2, -0.15) is 0 Å². The molecule has 0 spiro atoms. The topological polar surface area (TPSA) is 66.4 Å². The van der Waals surface area contributed by atoms with Crippen LogP contribution < -0.4 is 5.32 Å². The monoisotopic (exact) mass is 251 g/mol. The molecule has 0 saturated heterocycles. The number of aliphatic carboxylic acids is 1. The minimum atomic E-state index is -0.916. The second-order valence-corrected chi connectivity index (χ2v) is 4.46. The van der Waals surface area contributed by atoms with Crippen LogP contribution in [0.15, 0.2) is 24.3 Å². The fourth-order valence-corrected chi connectivity index (χ4v) is 1.91. The summed E-state index contributed by atoms with van der Waals surface area (Å²) in [6, 6.07) is 6.19. The van der Waals surface area contributed by atoms with Crippen LogP contribution in [0.1, 0.15) is 12.0 Å². The summed E-state index contributed by atoms with van der Waals surface area (Å²) in [7, 11) is 0. The van der Waals surface area contributed by atoms with Crippen LogP contribution in [0.5, 0.6) is 0 Å². The first-order chi connectivity index (χ1) is 8.58. The molecule has 2 unspecified atom stereocenters. The number of carboxylic acids is 1. The highest BCUT2D eigenvalue weighted by Gasteiger charge is 2.48. The van der Waals surface area contributed by atoms with Crippen molar-refractivity contribution in [2.45, 2.75) is 12.8 Å². The molecule has 0 bridgehead atoms. The summed E-state index contributed by atoms with van der Waals surface area (Å²) >= 11 is 0. The largest absolute Gasteiger partial charge is 0.481 e. The van der Waals surface area contributed by atoms with Gasteiger partial charge in [-0.1, -0.05) is 12.1 Å². The molecule has 0 radical (unpaired) electrons. The van der Waals surface area contributed by atoms with Gasteiger partial charge < -0.3 is 10.4 Å². The minimum Gasteiger partial charge on any atom is -0.481 e. The predicted octanol–water partition coefficient (Wildman–Crippen LogP) is 1.21. The van der Waals surface area contributed by atoms with E-state index in [0.717, 1.165) is 5.56 Å². The van der Waals surface area contributed by atoms with Crippen molar-refractivity contribution in [3.05, 3.63) is 35.6 Å². The number of carbonyl (C=O) groups excluding carboxylic acids is 1. The molecular weight excluding hydrogens is 237 g/mol. The Kier molecular flexibility index (Phi) is 3.60. The molecule has 0 heterocycles. The molecule has 1 aliphatic rings. The van der Waals surface area contributed by atoms with Gasteiger partial charge in [0.25, 0.3) is 0 Å². The lowest BCUT2D eigenvalue weighted by molar-refractivity contribution is -0.140. The number of hydrogen-bond acceptors (Lipinski definition) is 2. The molecule has 96 valence electrons. The summed E-state index contributed by atoms with van der Waals surface area (Å²) in [5.74, 6) is -2.36. The lowest BCUT2D eigenvalue weighted by atomic mass is 10.1. The summed E-state index contributed by atoms with van der Waals surface area (Å²) in [6.07, 6.45) is 0.953. The molecule has 0 aliphatic heterocycles. The van der Waals surface area contributed by atoms with Gasteiger partial charge in [-0.15, -0.1) is 0 Å². The number of carboxylic acid groups (broad SMARTS) is 1. The van der Waals surface area contributed by atoms with E-state index in [1.807, 2.05) is 0 Å². The number of benzene rings is 1. The number of rotatable bonds is 5. The standard InChI is InChI=1S/C13H14FNO3/c14-9-3-1-2-8(6-9)4-5-15-12(16)10-7-11(10)13(17)18/h1-3,6,10-11H,4-5,7H2,(H,15,16)(H,17,18). The van der Waals surface area contributed by atoms with Gasteiger partial charge in [0.1, 0.15) is 5.82 Å². The van der Waals surface area contributed by atoms with Crippen LogP contribution in [0, 0.1) is 17.7 Å². The Balaban J connectivity index is 1.73. The number of hydrogen-bond donors (Lipinski definition) is 2. The summed E-state index contributed by atoms with van der Waals surface area (Å²) in [5.41, 5.74) is 0.806. The zero-order valence-corrected chi connectivity index (χ0v) is 9.73. The van der Waals surface area contributed by atoms with Crippen molar-refractivity contribution in [3.8, 4) is 0 Å². The second kappa shape index (κ2) is 5.16. The second-order valence-electron chi connectivity index (χ2n) is 4.46. The van der Waals surface area contributed by atoms with E-state index in [-0.39, 0.29) is 11.7 Å². The quantitative estimate of drug-likeness (QED) is 0.826. The molecular formula is C13H14FNO3. The van der Waals surface area contributed by atoms with Gasteiger partial charge in [-0.25, -0.2) is 4.39 Å². The Labute approximate surface area is 104 Å². The molecule has 1 saturated carbocycles. The molecule has 1 amide bonds. The van der Waals surface area contributed by atoms with E-state index in [9.17, 15) is 14.0 Å². The fraction of sp³-hybridized carbons (Fsp3) is 0.385. The van der Waals surface area contributed by atoms with E-state index in [0.29, 0.717) is 19.4 Å². The van der Waals surface area contributed by atoms with E-state index in [1.165, 1.54) is 12.1 Å². The molecule has 5 heteroatoms. The van der Waals surface area contributed by atoms with E-state index < -0.39 is 17.8 Å². The third-order valence-corrected chi connectivity index (χ3v) is 3.05. The van der Waals surface area contributed by atoms with Crippen molar-refractivity contribution in [2.75, 3.05) is 6.54 Å². The van der Waals surface area contributed by atoms with Crippen LogP contribution in [0.4, 0.5) is 4.39 Å². The molecule has 2 N–H and O–H groups in total. The van der Waals surface area contributed by atoms with Gasteiger partial charge in [0.05, 0.1) is 11.8 Å². The minimum absolute atomic E-state index is 0.223. The lowest BCUT2D eigenvalue weighted by Gasteiger charge is -2.04. The Morgan fingerprint density at radius 1 is 1.39 bits per heavy atom. The van der Waals surface area contributed by atoms with E-state index >= 15 is 0 Å². The summed E-state index contributed by atoms with van der Waals surface area (Å²) in [6.45, 7) is 0.394. The number of amides is 1. The average molecular weight is 251 g/mol. The molecule has 2 atom stereocenters. The molecule has 18 heavy (non-hydrogen) atoms. The Bertz CT molecular complexity index is 475. The number of halogens is 1. The Morgan fingerprint density at radius 3 is 2.78 bits per heavy atom. The van der Waals surface area contributed by atoms with Crippen molar-refractivity contribution >= 4 is 11.9 Å². The first-order valence-corrected chi connectivity index (χ1v) is 5.83. The van der Waals surface area contributed by atoms with E-state index in [4.69, 9.17) is 5.11 Å². The Hall–Kier alpha value is -1.91. The van der Waals surface area contributed by atoms with Crippen LogP contribution in [0.25, 0.3) is 0 Å². The number of nitrogens with one attached hydrogen (secondary N) is 1. The van der Waals surface area contributed by atoms with Gasteiger partial charge >= 0.3 is 5.97 Å². The van der Waals surface area contributed by atoms with Gasteiger partial charge in [0, 0.05) is 6.54 Å². The van der Waals surface area contributed by atoms with Crippen molar-refractivity contribution in [3.63, 3.8) is 0 Å². The van der Waals surface area contributed by atoms with Gasteiger partial charge in [0.2, 0.25) is 5.91 Å². The molecule has 1 fully saturated rings. The van der Waals surface area contributed by atoms with Crippen LogP contribution in [0.3, 0.4) is 0 Å². The van der Waals surface area contributed by atoms with Crippen molar-refractivity contribution in [1.82, 2.24) is 5.32 Å². The smallest absolute Gasteiger partial charge is 0.307 e. The van der Waals surface area contributed by atoms with Crippen LogP contribution in [-0.2, 0) is 16.0 Å². The maximum absolute atomic E-state index is 12.9. The molecule has 4 nitrogen and oxygen atoms in total. The Morgan fingerprint density at radius 2 is 2.17 bits per heavy atom. The zero-order valence-electron chi connectivity index (χ0n) is 9.73. The molecule has 2 rings (SSSR count). The summed E-state index contributed by atoms with van der Waals surface area (Å²) in [4.78, 5) is 22.1. The first-order valence-electron chi connectivity index (χ1n) is 5.83. The predicted molar refractivity (Wildman–Crippen MR) is 62.3 cm³/mol. The lowest BCUT2D eigenvalue weighted by Crippen LogP contribution is -2.28. The molecule has 0 aromatic heterocycles. The average Bonchev–Trinajstić information content (AvgIpc) is 3.09. The van der Waals surface area contributed by atoms with E-state index in [1.54, 1.807) is 12.1 Å². The highest BCUT2D eigenvalue weighted by Crippen LogP contribution is 2.38. The van der Waals surface area contributed by atoms with Crippen molar-refractivity contribution < 1.29 is 19.1 Å². The van der Waals surface area contributed by atoms with Crippen LogP contribution in [-0.4, -0.2) is 23.5 Å². The van der Waals surface area contributed by atoms with E-state index in [2.05, 4.69) is 5.32 Å². The number of carbonyl (C=O) groups is 2. The first kappa shape index (κ1) is 12.5. The maximum atomic E-state index is 12.9. The third kappa shape index (κ3) is 3.06. The van der Waals surface area contributed by atoms with Crippen molar-refractivity contribution in [2.24, 2.45) is 11.8 Å². The highest BCUT2D eigenvalue weighted by atomic mass is 19.1. The molecule has 1 aromatic rings. The van der Waals surface area contributed by atoms with Crippen molar-refractivity contribution in [1.29, 1.82) is 0 Å². The summed E-state index contributed by atoms with van der Waals surface area (Å²) in [5, 5.41) is 11.4. The summed E-state index contributed by atoms with van der Waals surface area (Å²) < 4.78 is 12.9. The molecule has 1 aromatic carbocycles.